The van der Waals surface area contributed by atoms with E-state index in [0.717, 1.165) is 45.8 Å². The number of hydrogen-bond donors (Lipinski definition) is 4. The molecule has 6 rings (SSSR count). The third-order valence-corrected chi connectivity index (χ3v) is 8.50. The first-order valence-corrected chi connectivity index (χ1v) is 15.0. The first kappa shape index (κ1) is 28.6. The van der Waals surface area contributed by atoms with Crippen LogP contribution in [0.1, 0.15) is 47.2 Å². The fourth-order valence-corrected chi connectivity index (χ4v) is 5.91. The number of piperidine rings is 1. The molecule has 1 aliphatic rings. The first-order valence-electron chi connectivity index (χ1n) is 15.0. The van der Waals surface area contributed by atoms with E-state index in [4.69, 9.17) is 20.7 Å². The lowest BCUT2D eigenvalue weighted by atomic mass is 9.88. The minimum atomic E-state index is -0.930. The lowest BCUT2D eigenvalue weighted by Gasteiger charge is -2.34. The van der Waals surface area contributed by atoms with Crippen molar-refractivity contribution in [3.8, 4) is 5.75 Å². The van der Waals surface area contributed by atoms with E-state index >= 15 is 0 Å². The molecule has 222 valence electrons. The number of carbonyl (C=O) groups is 1. The van der Waals surface area contributed by atoms with E-state index < -0.39 is 11.6 Å². The average molecular weight is 578 g/mol. The van der Waals surface area contributed by atoms with Crippen LogP contribution in [0.3, 0.4) is 0 Å². The lowest BCUT2D eigenvalue weighted by molar-refractivity contribution is -0.128. The summed E-state index contributed by atoms with van der Waals surface area (Å²) >= 11 is 0. The van der Waals surface area contributed by atoms with Crippen molar-refractivity contribution in [2.24, 2.45) is 5.73 Å². The Balaban J connectivity index is 1.37. The third kappa shape index (κ3) is 6.48. The van der Waals surface area contributed by atoms with Gasteiger partial charge in [-0.1, -0.05) is 60.7 Å². The highest BCUT2D eigenvalue weighted by molar-refractivity contribution is 5.87. The molecule has 0 saturated carbocycles. The Kier molecular flexibility index (Phi) is 8.53. The first-order chi connectivity index (χ1) is 21.0. The largest absolute Gasteiger partial charge is 0.497 e. The second kappa shape index (κ2) is 12.8. The molecule has 1 saturated heterocycles. The van der Waals surface area contributed by atoms with Gasteiger partial charge in [-0.2, -0.15) is 0 Å². The molecule has 1 atom stereocenters. The lowest BCUT2D eigenvalue weighted by Crippen LogP contribution is -2.59. The summed E-state index contributed by atoms with van der Waals surface area (Å²) in [6.07, 6.45) is 5.28. The summed E-state index contributed by atoms with van der Waals surface area (Å²) in [7, 11) is 1.67. The number of carbonyl (C=O) groups excluding carboxylic acids is 1. The zero-order chi connectivity index (χ0) is 29.6. The number of nitrogens with zero attached hydrogens (tertiary/aromatic N) is 3. The van der Waals surface area contributed by atoms with E-state index in [2.05, 4.69) is 68.7 Å². The maximum atomic E-state index is 13.8. The Morgan fingerprint density at radius 3 is 2.49 bits per heavy atom. The van der Waals surface area contributed by atoms with E-state index in [1.807, 2.05) is 36.5 Å². The zero-order valence-electron chi connectivity index (χ0n) is 24.6. The highest BCUT2D eigenvalue weighted by Gasteiger charge is 2.37. The van der Waals surface area contributed by atoms with Crippen LogP contribution in [0.5, 0.6) is 5.75 Å². The number of nitrogens with two attached hydrogens (primary N) is 1. The average Bonchev–Trinajstić information content (AvgIpc) is 3.64. The number of amides is 1. The van der Waals surface area contributed by atoms with Gasteiger partial charge in [-0.05, 0) is 67.2 Å². The summed E-state index contributed by atoms with van der Waals surface area (Å²) in [6, 6.07) is 26.2. The molecule has 0 aliphatic carbocycles. The second-order valence-corrected chi connectivity index (χ2v) is 11.4. The molecule has 9 heteroatoms. The summed E-state index contributed by atoms with van der Waals surface area (Å²) in [5, 5.41) is 17.2. The molecule has 0 spiro atoms. The highest BCUT2D eigenvalue weighted by atomic mass is 16.5. The predicted molar refractivity (Wildman–Crippen MR) is 168 cm³/mol. The maximum Gasteiger partial charge on any atom is 0.240 e. The van der Waals surface area contributed by atoms with Crippen molar-refractivity contribution < 1.29 is 9.53 Å². The van der Waals surface area contributed by atoms with Gasteiger partial charge in [0.15, 0.2) is 5.82 Å². The fraction of sp³-hybridized carbons (Fsp3) is 0.324. The Hall–Kier alpha value is -4.47. The van der Waals surface area contributed by atoms with Gasteiger partial charge < -0.3 is 30.7 Å². The molecule has 9 nitrogen and oxygen atoms in total. The summed E-state index contributed by atoms with van der Waals surface area (Å²) in [4.78, 5) is 17.2. The van der Waals surface area contributed by atoms with Crippen LogP contribution in [0, 0.1) is 0 Å². The molecule has 5 N–H and O–H groups in total. The van der Waals surface area contributed by atoms with Crippen LogP contribution < -0.4 is 21.1 Å². The topological polar surface area (TPSA) is 123 Å². The summed E-state index contributed by atoms with van der Waals surface area (Å²) in [6.45, 7) is 2.00. The zero-order valence-corrected chi connectivity index (χ0v) is 24.6. The van der Waals surface area contributed by atoms with E-state index in [-0.39, 0.29) is 5.91 Å². The molecule has 3 heterocycles. The van der Waals surface area contributed by atoms with E-state index in [9.17, 15) is 4.79 Å². The second-order valence-electron chi connectivity index (χ2n) is 11.4. The number of aromatic nitrogens is 4. The van der Waals surface area contributed by atoms with Gasteiger partial charge in [0.2, 0.25) is 5.91 Å². The van der Waals surface area contributed by atoms with Gasteiger partial charge in [-0.25, -0.2) is 0 Å². The molecule has 1 amide bonds. The number of H-pyrrole nitrogens is 1. The molecule has 1 fully saturated rings. The van der Waals surface area contributed by atoms with Crippen LogP contribution in [0.15, 0.2) is 85.1 Å². The van der Waals surface area contributed by atoms with E-state index in [1.54, 1.807) is 7.11 Å². The smallest absolute Gasteiger partial charge is 0.240 e. The minimum absolute atomic E-state index is 0.149. The SMILES string of the molecule is COc1ccc(Cn2c(CCc3ccccc3)nnc2[C@@H](Cc2c[nH]c3ccccc23)NC(=O)C2(N)CCNCC2)cc1. The number of nitrogens with one attached hydrogen (secondary N) is 3. The van der Waals surface area contributed by atoms with Crippen LogP contribution in [-0.4, -0.2) is 51.4 Å². The molecule has 5 aromatic rings. The van der Waals surface area contributed by atoms with Crippen molar-refractivity contribution in [2.45, 2.75) is 50.2 Å². The molecule has 2 aromatic heterocycles. The Morgan fingerprint density at radius 1 is 0.977 bits per heavy atom. The normalized spacial score (nSPS) is 15.3. The molecule has 43 heavy (non-hydrogen) atoms. The number of para-hydroxylation sites is 1. The molecule has 0 bridgehead atoms. The maximum absolute atomic E-state index is 13.8. The van der Waals surface area contributed by atoms with Crippen LogP contribution in [0.4, 0.5) is 0 Å². The van der Waals surface area contributed by atoms with Crippen molar-refractivity contribution in [3.05, 3.63) is 113 Å². The van der Waals surface area contributed by atoms with Gasteiger partial charge in [0.25, 0.3) is 0 Å². The quantitative estimate of drug-likeness (QED) is 0.188. The van der Waals surface area contributed by atoms with Gasteiger partial charge in [-0.15, -0.1) is 10.2 Å². The van der Waals surface area contributed by atoms with Crippen molar-refractivity contribution in [1.29, 1.82) is 0 Å². The van der Waals surface area contributed by atoms with Gasteiger partial charge in [0, 0.05) is 29.9 Å². The van der Waals surface area contributed by atoms with Crippen molar-refractivity contribution >= 4 is 16.8 Å². The Labute approximate surface area is 251 Å². The standard InChI is InChI=1S/C34H39N7O2/c1-43-27-14-11-25(12-15-27)23-41-31(16-13-24-7-3-2-4-8-24)39-40-32(41)30(38-33(42)34(35)17-19-36-20-18-34)21-26-22-37-29-10-6-5-9-28(26)29/h2-12,14-15,22,30,36-37H,13,16-21,23,35H2,1H3,(H,38,42)/t30-/m1/s1. The monoisotopic (exact) mass is 577 g/mol. The van der Waals surface area contributed by atoms with Crippen molar-refractivity contribution in [1.82, 2.24) is 30.4 Å². The number of benzene rings is 3. The number of hydrogen-bond acceptors (Lipinski definition) is 6. The van der Waals surface area contributed by atoms with Gasteiger partial charge in [-0.3, -0.25) is 4.79 Å². The Bertz CT molecular complexity index is 1650. The minimum Gasteiger partial charge on any atom is -0.497 e. The number of ether oxygens (including phenoxy) is 1. The van der Waals surface area contributed by atoms with Crippen molar-refractivity contribution in [3.63, 3.8) is 0 Å². The molecule has 3 aromatic carbocycles. The summed E-state index contributed by atoms with van der Waals surface area (Å²) in [5.74, 6) is 2.24. The molecule has 1 aliphatic heterocycles. The predicted octanol–water partition coefficient (Wildman–Crippen LogP) is 4.08. The molecule has 0 unspecified atom stereocenters. The van der Waals surface area contributed by atoms with Crippen molar-refractivity contribution in [2.75, 3.05) is 20.2 Å². The Morgan fingerprint density at radius 2 is 1.72 bits per heavy atom. The molecular formula is C34H39N7O2. The van der Waals surface area contributed by atoms with Crippen LogP contribution in [0.2, 0.25) is 0 Å². The van der Waals surface area contributed by atoms with Crippen LogP contribution >= 0.6 is 0 Å². The number of rotatable bonds is 11. The molecular weight excluding hydrogens is 538 g/mol. The van der Waals surface area contributed by atoms with Crippen LogP contribution in [-0.2, 0) is 30.6 Å². The summed E-state index contributed by atoms with van der Waals surface area (Å²) in [5.41, 5.74) is 10.2. The highest BCUT2D eigenvalue weighted by Crippen LogP contribution is 2.27. The molecule has 0 radical (unpaired) electrons. The third-order valence-electron chi connectivity index (χ3n) is 8.50. The van der Waals surface area contributed by atoms with Gasteiger partial charge in [0.05, 0.1) is 25.2 Å². The van der Waals surface area contributed by atoms with E-state index in [1.165, 1.54) is 5.56 Å². The summed E-state index contributed by atoms with van der Waals surface area (Å²) < 4.78 is 7.55. The van der Waals surface area contributed by atoms with Crippen LogP contribution in [0.25, 0.3) is 10.9 Å². The fourth-order valence-electron chi connectivity index (χ4n) is 5.91. The van der Waals surface area contributed by atoms with Gasteiger partial charge in [0.1, 0.15) is 11.6 Å². The number of fused-ring (bicyclic) bond motifs is 1. The number of aromatic amines is 1. The number of aryl methyl sites for hydroxylation is 2. The van der Waals surface area contributed by atoms with Gasteiger partial charge >= 0.3 is 0 Å². The number of methoxy groups -OCH3 is 1. The van der Waals surface area contributed by atoms with E-state index in [0.29, 0.717) is 45.3 Å².